The van der Waals surface area contributed by atoms with Gasteiger partial charge in [-0.25, -0.2) is 4.79 Å². The van der Waals surface area contributed by atoms with Crippen molar-refractivity contribution >= 4 is 17.1 Å². The third-order valence-electron chi connectivity index (χ3n) is 5.62. The minimum Gasteiger partial charge on any atom is -0.508 e. The van der Waals surface area contributed by atoms with Crippen LogP contribution in [0.1, 0.15) is 25.5 Å². The van der Waals surface area contributed by atoms with Crippen LogP contribution in [0.5, 0.6) is 11.5 Å². The van der Waals surface area contributed by atoms with Gasteiger partial charge in [-0.3, -0.25) is 13.9 Å². The highest BCUT2D eigenvalue weighted by molar-refractivity contribution is 5.74. The number of phenols is 2. The van der Waals surface area contributed by atoms with Gasteiger partial charge in [-0.2, -0.15) is 4.98 Å². The number of hydrogen-bond acceptors (Lipinski definition) is 8. The number of rotatable bonds is 9. The van der Waals surface area contributed by atoms with Crippen LogP contribution in [0.15, 0.2) is 27.8 Å². The summed E-state index contributed by atoms with van der Waals surface area (Å²) in [5.74, 6) is -0.0373. The lowest BCUT2D eigenvalue weighted by Gasteiger charge is -2.19. The summed E-state index contributed by atoms with van der Waals surface area (Å²) in [6, 6.07) is 3.84. The first kappa shape index (κ1) is 23.4. The van der Waals surface area contributed by atoms with Gasteiger partial charge in [-0.1, -0.05) is 13.8 Å². The minimum absolute atomic E-state index is 0.0829. The molecule has 1 atom stereocenters. The standard InChI is InChI=1S/C21H30N6O5/c1-5-26(6-2)8-7-22-20-23-18-17(19(31)25(4)21(32)24(18)3)27(20)12-16(30)13-9-14(28)11-15(29)10-13/h9-11,16,28-30H,5-8,12H2,1-4H3,(H,22,23). The molecule has 32 heavy (non-hydrogen) atoms. The molecule has 0 aliphatic carbocycles. The summed E-state index contributed by atoms with van der Waals surface area (Å²) in [7, 11) is 2.92. The molecule has 2 heterocycles. The second-order valence-electron chi connectivity index (χ2n) is 7.68. The molecule has 0 fully saturated rings. The van der Waals surface area contributed by atoms with Gasteiger partial charge >= 0.3 is 5.69 Å². The topological polar surface area (TPSA) is 138 Å². The molecule has 11 nitrogen and oxygen atoms in total. The number of aliphatic hydroxyl groups excluding tert-OH is 1. The van der Waals surface area contributed by atoms with E-state index >= 15 is 0 Å². The fraction of sp³-hybridized carbons (Fsp3) is 0.476. The summed E-state index contributed by atoms with van der Waals surface area (Å²) in [4.78, 5) is 32.0. The fourth-order valence-corrected chi connectivity index (χ4v) is 3.71. The van der Waals surface area contributed by atoms with Gasteiger partial charge in [0, 0.05) is 33.3 Å². The third kappa shape index (κ3) is 4.48. The summed E-state index contributed by atoms with van der Waals surface area (Å²) < 4.78 is 3.81. The van der Waals surface area contributed by atoms with Crippen LogP contribution in [0.3, 0.4) is 0 Å². The summed E-state index contributed by atoms with van der Waals surface area (Å²) in [5.41, 5.74) is -0.378. The number of fused-ring (bicyclic) bond motifs is 1. The van der Waals surface area contributed by atoms with Crippen LogP contribution in [-0.2, 0) is 20.6 Å². The van der Waals surface area contributed by atoms with Gasteiger partial charge in [0.1, 0.15) is 11.5 Å². The Bertz CT molecular complexity index is 1200. The lowest BCUT2D eigenvalue weighted by Crippen LogP contribution is -2.37. The lowest BCUT2D eigenvalue weighted by atomic mass is 10.1. The van der Waals surface area contributed by atoms with Crippen LogP contribution in [-0.4, -0.2) is 65.1 Å². The maximum atomic E-state index is 12.9. The molecular formula is C21H30N6O5. The largest absolute Gasteiger partial charge is 0.508 e. The molecule has 0 spiro atoms. The van der Waals surface area contributed by atoms with Crippen molar-refractivity contribution in [1.29, 1.82) is 0 Å². The van der Waals surface area contributed by atoms with E-state index in [0.717, 1.165) is 30.3 Å². The molecule has 0 saturated carbocycles. The number of imidazole rings is 1. The van der Waals surface area contributed by atoms with Crippen LogP contribution in [0.25, 0.3) is 11.2 Å². The van der Waals surface area contributed by atoms with Gasteiger partial charge in [-0.15, -0.1) is 0 Å². The number of benzene rings is 1. The van der Waals surface area contributed by atoms with Crippen LogP contribution in [0.2, 0.25) is 0 Å². The van der Waals surface area contributed by atoms with E-state index in [0.29, 0.717) is 12.5 Å². The van der Waals surface area contributed by atoms with Crippen molar-refractivity contribution in [1.82, 2.24) is 23.6 Å². The molecule has 0 aliphatic rings. The van der Waals surface area contributed by atoms with Crippen molar-refractivity contribution < 1.29 is 15.3 Å². The first-order chi connectivity index (χ1) is 15.2. The number of nitrogens with one attached hydrogen (secondary N) is 1. The molecule has 4 N–H and O–H groups in total. The van der Waals surface area contributed by atoms with Gasteiger partial charge in [-0.05, 0) is 30.8 Å². The summed E-state index contributed by atoms with van der Waals surface area (Å²) in [5, 5.41) is 33.5. The van der Waals surface area contributed by atoms with Crippen molar-refractivity contribution in [2.24, 2.45) is 14.1 Å². The van der Waals surface area contributed by atoms with E-state index in [1.807, 2.05) is 0 Å². The second kappa shape index (κ2) is 9.45. The molecule has 11 heteroatoms. The Kier molecular flexibility index (Phi) is 6.90. The Labute approximate surface area is 184 Å². The predicted molar refractivity (Wildman–Crippen MR) is 121 cm³/mol. The van der Waals surface area contributed by atoms with Crippen LogP contribution < -0.4 is 16.6 Å². The van der Waals surface area contributed by atoms with Gasteiger partial charge in [0.2, 0.25) is 5.95 Å². The molecule has 174 valence electrons. The Morgan fingerprint density at radius 1 is 1.06 bits per heavy atom. The van der Waals surface area contributed by atoms with E-state index in [-0.39, 0.29) is 34.8 Å². The highest BCUT2D eigenvalue weighted by atomic mass is 16.3. The monoisotopic (exact) mass is 446 g/mol. The van der Waals surface area contributed by atoms with Crippen molar-refractivity contribution in [2.75, 3.05) is 31.5 Å². The predicted octanol–water partition coefficient (Wildman–Crippen LogP) is 0.332. The van der Waals surface area contributed by atoms with E-state index in [9.17, 15) is 24.9 Å². The normalized spacial score (nSPS) is 12.6. The number of anilines is 1. The van der Waals surface area contributed by atoms with Gasteiger partial charge in [0.05, 0.1) is 12.6 Å². The highest BCUT2D eigenvalue weighted by Crippen LogP contribution is 2.27. The van der Waals surface area contributed by atoms with Crippen LogP contribution in [0.4, 0.5) is 5.95 Å². The van der Waals surface area contributed by atoms with Crippen LogP contribution >= 0.6 is 0 Å². The van der Waals surface area contributed by atoms with Crippen molar-refractivity contribution in [3.8, 4) is 11.5 Å². The fourth-order valence-electron chi connectivity index (χ4n) is 3.71. The van der Waals surface area contributed by atoms with Gasteiger partial charge < -0.3 is 30.1 Å². The minimum atomic E-state index is -1.16. The zero-order valence-electron chi connectivity index (χ0n) is 18.7. The third-order valence-corrected chi connectivity index (χ3v) is 5.62. The molecule has 0 amide bonds. The molecule has 3 aromatic rings. The summed E-state index contributed by atoms with van der Waals surface area (Å²) in [6.07, 6.45) is -1.16. The number of aryl methyl sites for hydroxylation is 1. The Balaban J connectivity index is 2.06. The van der Waals surface area contributed by atoms with E-state index in [1.165, 1.54) is 35.4 Å². The zero-order chi connectivity index (χ0) is 23.6. The van der Waals surface area contributed by atoms with Crippen molar-refractivity contribution in [3.63, 3.8) is 0 Å². The number of hydrogen-bond donors (Lipinski definition) is 4. The number of aromatic hydroxyl groups is 2. The van der Waals surface area contributed by atoms with Crippen molar-refractivity contribution in [2.45, 2.75) is 26.5 Å². The molecule has 0 bridgehead atoms. The summed E-state index contributed by atoms with van der Waals surface area (Å²) in [6.45, 7) is 7.13. The molecule has 0 radical (unpaired) electrons. The number of aliphatic hydroxyl groups is 1. The number of nitrogens with zero attached hydrogens (tertiary/aromatic N) is 5. The SMILES string of the molecule is CCN(CC)CCNc1nc2c(c(=O)n(C)c(=O)n2C)n1CC(O)c1cc(O)cc(O)c1. The van der Waals surface area contributed by atoms with Crippen LogP contribution in [0, 0.1) is 0 Å². The van der Waals surface area contributed by atoms with Gasteiger partial charge in [0.25, 0.3) is 5.56 Å². The lowest BCUT2D eigenvalue weighted by molar-refractivity contribution is 0.157. The molecule has 0 saturated heterocycles. The molecule has 1 aromatic carbocycles. The summed E-state index contributed by atoms with van der Waals surface area (Å²) >= 11 is 0. The van der Waals surface area contributed by atoms with Crippen molar-refractivity contribution in [3.05, 3.63) is 44.6 Å². The maximum absolute atomic E-state index is 12.9. The Morgan fingerprint density at radius 2 is 1.69 bits per heavy atom. The molecule has 1 unspecified atom stereocenters. The highest BCUT2D eigenvalue weighted by Gasteiger charge is 2.22. The molecule has 3 rings (SSSR count). The van der Waals surface area contributed by atoms with E-state index in [4.69, 9.17) is 0 Å². The molecular weight excluding hydrogens is 416 g/mol. The smallest absolute Gasteiger partial charge is 0.332 e. The van der Waals surface area contributed by atoms with E-state index < -0.39 is 17.4 Å². The Morgan fingerprint density at radius 3 is 2.28 bits per heavy atom. The van der Waals surface area contributed by atoms with E-state index in [2.05, 4.69) is 29.0 Å². The quantitative estimate of drug-likeness (QED) is 0.369. The number of aromatic nitrogens is 4. The number of likely N-dealkylation sites (N-methyl/N-ethyl adjacent to an activating group) is 1. The molecule has 0 aliphatic heterocycles. The van der Waals surface area contributed by atoms with E-state index in [1.54, 1.807) is 0 Å². The molecule has 2 aromatic heterocycles. The first-order valence-corrected chi connectivity index (χ1v) is 10.5. The second-order valence-corrected chi connectivity index (χ2v) is 7.68. The Hall–Kier alpha value is -3.31. The average Bonchev–Trinajstić information content (AvgIpc) is 3.11. The van der Waals surface area contributed by atoms with Gasteiger partial charge in [0.15, 0.2) is 11.2 Å². The first-order valence-electron chi connectivity index (χ1n) is 10.5. The zero-order valence-corrected chi connectivity index (χ0v) is 18.7. The number of phenolic OH excluding ortho intramolecular Hbond substituents is 2. The average molecular weight is 447 g/mol. The maximum Gasteiger partial charge on any atom is 0.332 e.